The lowest BCUT2D eigenvalue weighted by Crippen LogP contribution is -2.33. The summed E-state index contributed by atoms with van der Waals surface area (Å²) in [5.74, 6) is 5.73. The Bertz CT molecular complexity index is 223. The van der Waals surface area contributed by atoms with Crippen molar-refractivity contribution in [3.8, 4) is 0 Å². The first-order valence-electron chi connectivity index (χ1n) is 5.02. The lowest BCUT2D eigenvalue weighted by molar-refractivity contribution is -0.160. The average molecular weight is 200 g/mol. The van der Waals surface area contributed by atoms with Gasteiger partial charge in [-0.25, -0.2) is 5.01 Å². The largest absolute Gasteiger partial charge is 0.460 e. The summed E-state index contributed by atoms with van der Waals surface area (Å²) in [5.41, 5.74) is -0.404. The predicted octanol–water partition coefficient (Wildman–Crippen LogP) is 0.770. The number of esters is 1. The number of rotatable bonds is 1. The molecule has 2 atom stereocenters. The summed E-state index contributed by atoms with van der Waals surface area (Å²) in [6.45, 7) is 9.04. The van der Waals surface area contributed by atoms with Gasteiger partial charge in [-0.15, -0.1) is 0 Å². The molecule has 1 rings (SSSR count). The van der Waals surface area contributed by atoms with Crippen molar-refractivity contribution >= 4 is 5.97 Å². The van der Waals surface area contributed by atoms with Gasteiger partial charge in [-0.1, -0.05) is 6.92 Å². The number of carbonyl (C=O) groups is 1. The SMILES string of the molecule is C[C@@H]1CN(N)C[C@H]1C(=O)OC(C)(C)C. The first-order chi connectivity index (χ1) is 6.29. The van der Waals surface area contributed by atoms with E-state index >= 15 is 0 Å². The lowest BCUT2D eigenvalue weighted by Gasteiger charge is -2.23. The van der Waals surface area contributed by atoms with Gasteiger partial charge in [-0.05, 0) is 26.7 Å². The molecule has 0 aromatic heterocycles. The first-order valence-corrected chi connectivity index (χ1v) is 5.02. The highest BCUT2D eigenvalue weighted by molar-refractivity contribution is 5.73. The third-order valence-electron chi connectivity index (χ3n) is 2.35. The summed E-state index contributed by atoms with van der Waals surface area (Å²) >= 11 is 0. The van der Waals surface area contributed by atoms with Crippen LogP contribution in [0, 0.1) is 11.8 Å². The second-order valence-corrected chi connectivity index (χ2v) is 5.07. The third-order valence-corrected chi connectivity index (χ3v) is 2.35. The van der Waals surface area contributed by atoms with E-state index in [0.717, 1.165) is 6.54 Å². The molecular formula is C10H20N2O2. The zero-order valence-corrected chi connectivity index (χ0v) is 9.41. The first kappa shape index (κ1) is 11.5. The van der Waals surface area contributed by atoms with Crippen LogP contribution in [-0.2, 0) is 9.53 Å². The number of ether oxygens (including phenoxy) is 1. The fourth-order valence-corrected chi connectivity index (χ4v) is 1.69. The van der Waals surface area contributed by atoms with E-state index < -0.39 is 5.60 Å². The standard InChI is InChI=1S/C10H20N2O2/c1-7-5-12(11)6-8(7)9(13)14-10(2,3)4/h7-8H,5-6,11H2,1-4H3/t7-,8-/m1/s1. The second kappa shape index (κ2) is 3.87. The van der Waals surface area contributed by atoms with E-state index in [2.05, 4.69) is 0 Å². The smallest absolute Gasteiger partial charge is 0.311 e. The minimum absolute atomic E-state index is 0.0702. The van der Waals surface area contributed by atoms with Crippen molar-refractivity contribution in [2.45, 2.75) is 33.3 Å². The molecular weight excluding hydrogens is 180 g/mol. The van der Waals surface area contributed by atoms with Crippen molar-refractivity contribution in [1.82, 2.24) is 5.01 Å². The van der Waals surface area contributed by atoms with Crippen LogP contribution in [0.1, 0.15) is 27.7 Å². The van der Waals surface area contributed by atoms with Crippen molar-refractivity contribution in [3.63, 3.8) is 0 Å². The molecule has 1 aliphatic rings. The van der Waals surface area contributed by atoms with Gasteiger partial charge >= 0.3 is 5.97 Å². The maximum absolute atomic E-state index is 11.7. The molecule has 0 saturated carbocycles. The number of hydrazine groups is 1. The van der Waals surface area contributed by atoms with Crippen molar-refractivity contribution < 1.29 is 9.53 Å². The van der Waals surface area contributed by atoms with Gasteiger partial charge in [0.05, 0.1) is 5.92 Å². The highest BCUT2D eigenvalue weighted by atomic mass is 16.6. The van der Waals surface area contributed by atoms with Crippen LogP contribution >= 0.6 is 0 Å². The van der Waals surface area contributed by atoms with E-state index in [1.807, 2.05) is 27.7 Å². The molecule has 2 N–H and O–H groups in total. The van der Waals surface area contributed by atoms with E-state index in [1.165, 1.54) is 0 Å². The summed E-state index contributed by atoms with van der Waals surface area (Å²) in [6, 6.07) is 0. The Balaban J connectivity index is 2.53. The van der Waals surface area contributed by atoms with Crippen LogP contribution in [0.25, 0.3) is 0 Å². The fraction of sp³-hybridized carbons (Fsp3) is 0.900. The summed E-state index contributed by atoms with van der Waals surface area (Å²) in [4.78, 5) is 11.7. The molecule has 1 saturated heterocycles. The van der Waals surface area contributed by atoms with Crippen molar-refractivity contribution in [2.24, 2.45) is 17.7 Å². The van der Waals surface area contributed by atoms with Gasteiger partial charge in [0.2, 0.25) is 0 Å². The molecule has 0 aromatic rings. The maximum Gasteiger partial charge on any atom is 0.311 e. The Kier molecular flexibility index (Phi) is 3.17. The zero-order valence-electron chi connectivity index (χ0n) is 9.41. The molecule has 1 heterocycles. The highest BCUT2D eigenvalue weighted by Gasteiger charge is 2.36. The maximum atomic E-state index is 11.7. The Morgan fingerprint density at radius 3 is 2.36 bits per heavy atom. The monoisotopic (exact) mass is 200 g/mol. The Morgan fingerprint density at radius 2 is 2.00 bits per heavy atom. The minimum Gasteiger partial charge on any atom is -0.460 e. The molecule has 0 aliphatic carbocycles. The average Bonchev–Trinajstić information content (AvgIpc) is 2.26. The number of nitrogens with zero attached hydrogens (tertiary/aromatic N) is 1. The highest BCUT2D eigenvalue weighted by Crippen LogP contribution is 2.23. The molecule has 0 spiro atoms. The van der Waals surface area contributed by atoms with Gasteiger partial charge in [0, 0.05) is 13.1 Å². The van der Waals surface area contributed by atoms with Gasteiger partial charge in [-0.3, -0.25) is 10.6 Å². The van der Waals surface area contributed by atoms with E-state index in [1.54, 1.807) is 5.01 Å². The quantitative estimate of drug-likeness (QED) is 0.502. The summed E-state index contributed by atoms with van der Waals surface area (Å²) < 4.78 is 5.32. The Morgan fingerprint density at radius 1 is 1.43 bits per heavy atom. The van der Waals surface area contributed by atoms with Crippen molar-refractivity contribution in [1.29, 1.82) is 0 Å². The molecule has 1 fully saturated rings. The molecule has 14 heavy (non-hydrogen) atoms. The molecule has 82 valence electrons. The molecule has 4 nitrogen and oxygen atoms in total. The predicted molar refractivity (Wildman–Crippen MR) is 54.3 cm³/mol. The van der Waals surface area contributed by atoms with Crippen LogP contribution in [0.2, 0.25) is 0 Å². The van der Waals surface area contributed by atoms with E-state index in [0.29, 0.717) is 6.54 Å². The van der Waals surface area contributed by atoms with Gasteiger partial charge in [-0.2, -0.15) is 0 Å². The van der Waals surface area contributed by atoms with Crippen molar-refractivity contribution in [2.75, 3.05) is 13.1 Å². The van der Waals surface area contributed by atoms with E-state index in [-0.39, 0.29) is 17.8 Å². The van der Waals surface area contributed by atoms with Gasteiger partial charge < -0.3 is 4.74 Å². The summed E-state index contributed by atoms with van der Waals surface area (Å²) in [7, 11) is 0. The van der Waals surface area contributed by atoms with Crippen molar-refractivity contribution in [3.05, 3.63) is 0 Å². The molecule has 4 heteroatoms. The molecule has 1 aliphatic heterocycles. The van der Waals surface area contributed by atoms with E-state index in [4.69, 9.17) is 10.6 Å². The van der Waals surface area contributed by atoms with Crippen LogP contribution in [0.3, 0.4) is 0 Å². The lowest BCUT2D eigenvalue weighted by atomic mass is 9.98. The number of nitrogens with two attached hydrogens (primary N) is 1. The van der Waals surface area contributed by atoms with Crippen LogP contribution < -0.4 is 5.84 Å². The normalized spacial score (nSPS) is 29.2. The fourth-order valence-electron chi connectivity index (χ4n) is 1.69. The minimum atomic E-state index is -0.404. The third kappa shape index (κ3) is 2.96. The molecule has 0 amide bonds. The zero-order chi connectivity index (χ0) is 10.9. The molecule has 0 aromatic carbocycles. The van der Waals surface area contributed by atoms with Crippen LogP contribution in [0.4, 0.5) is 0 Å². The topological polar surface area (TPSA) is 55.6 Å². The number of hydrogen-bond donors (Lipinski definition) is 1. The number of hydrogen-bond acceptors (Lipinski definition) is 4. The second-order valence-electron chi connectivity index (χ2n) is 5.07. The van der Waals surface area contributed by atoms with Gasteiger partial charge in [0.25, 0.3) is 0 Å². The summed E-state index contributed by atoms with van der Waals surface area (Å²) in [6.07, 6.45) is 0. The summed E-state index contributed by atoms with van der Waals surface area (Å²) in [5, 5.41) is 1.68. The molecule has 0 unspecified atom stereocenters. The van der Waals surface area contributed by atoms with Gasteiger partial charge in [0.15, 0.2) is 0 Å². The van der Waals surface area contributed by atoms with Crippen LogP contribution in [0.5, 0.6) is 0 Å². The van der Waals surface area contributed by atoms with Crippen LogP contribution in [-0.4, -0.2) is 29.7 Å². The van der Waals surface area contributed by atoms with Crippen LogP contribution in [0.15, 0.2) is 0 Å². The molecule has 0 bridgehead atoms. The Labute approximate surface area is 85.4 Å². The van der Waals surface area contributed by atoms with Gasteiger partial charge in [0.1, 0.15) is 5.60 Å². The Hall–Kier alpha value is -0.610. The van der Waals surface area contributed by atoms with E-state index in [9.17, 15) is 4.79 Å². The number of carbonyl (C=O) groups excluding carboxylic acids is 1. The molecule has 0 radical (unpaired) electrons.